The molecule has 0 aliphatic carbocycles. The number of amides is 1. The van der Waals surface area contributed by atoms with Gasteiger partial charge in [-0.1, -0.05) is 12.1 Å². The summed E-state index contributed by atoms with van der Waals surface area (Å²) in [6.07, 6.45) is 0.676. The molecule has 0 unspecified atom stereocenters. The fourth-order valence-electron chi connectivity index (χ4n) is 1.60. The molecule has 21 heavy (non-hydrogen) atoms. The van der Waals surface area contributed by atoms with Gasteiger partial charge in [-0.25, -0.2) is 4.79 Å². The summed E-state index contributed by atoms with van der Waals surface area (Å²) in [6.45, 7) is 1.28. The number of nitrogens with one attached hydrogen (secondary N) is 1. The average Bonchev–Trinajstić information content (AvgIpc) is 2.42. The largest absolute Gasteiger partial charge is 0.480 e. The Labute approximate surface area is 125 Å². The summed E-state index contributed by atoms with van der Waals surface area (Å²) < 4.78 is 0. The zero-order valence-electron chi connectivity index (χ0n) is 11.4. The van der Waals surface area contributed by atoms with Crippen molar-refractivity contribution in [3.05, 3.63) is 39.9 Å². The van der Waals surface area contributed by atoms with Crippen LogP contribution in [0, 0.1) is 10.1 Å². The Kier molecular flexibility index (Phi) is 6.67. The predicted molar refractivity (Wildman–Crippen MR) is 79.4 cm³/mol. The number of nitrogens with zero attached hydrogens (tertiary/aromatic N) is 1. The number of rotatable bonds is 8. The lowest BCUT2D eigenvalue weighted by atomic mass is 10.1. The van der Waals surface area contributed by atoms with Crippen molar-refractivity contribution in [1.29, 1.82) is 0 Å². The second-order valence-electron chi connectivity index (χ2n) is 4.34. The van der Waals surface area contributed by atoms with Crippen LogP contribution in [0.1, 0.15) is 12.5 Å². The van der Waals surface area contributed by atoms with E-state index in [1.54, 1.807) is 12.1 Å². The number of carboxylic acids is 1. The third-order valence-electron chi connectivity index (χ3n) is 2.64. The molecule has 2 N–H and O–H groups in total. The molecule has 8 heteroatoms. The number of non-ortho nitro benzene ring substituents is 1. The minimum atomic E-state index is -1.06. The van der Waals surface area contributed by atoms with Gasteiger partial charge in [0.1, 0.15) is 6.04 Å². The van der Waals surface area contributed by atoms with Gasteiger partial charge in [0.25, 0.3) is 5.69 Å². The van der Waals surface area contributed by atoms with E-state index in [4.69, 9.17) is 5.11 Å². The minimum absolute atomic E-state index is 0.0444. The minimum Gasteiger partial charge on any atom is -0.480 e. The van der Waals surface area contributed by atoms with Crippen LogP contribution in [0.25, 0.3) is 0 Å². The summed E-state index contributed by atoms with van der Waals surface area (Å²) in [5.41, 5.74) is 0.988. The Morgan fingerprint density at radius 3 is 2.48 bits per heavy atom. The van der Waals surface area contributed by atoms with Crippen LogP contribution >= 0.6 is 11.8 Å². The van der Waals surface area contributed by atoms with Crippen molar-refractivity contribution in [2.24, 2.45) is 0 Å². The molecule has 0 bridgehead atoms. The normalized spacial score (nSPS) is 11.7. The van der Waals surface area contributed by atoms with Crippen LogP contribution in [0.3, 0.4) is 0 Å². The molecule has 0 aliphatic heterocycles. The first-order chi connectivity index (χ1) is 9.90. The summed E-state index contributed by atoms with van der Waals surface area (Å²) in [7, 11) is 0. The van der Waals surface area contributed by atoms with Crippen molar-refractivity contribution in [2.45, 2.75) is 19.4 Å². The van der Waals surface area contributed by atoms with Gasteiger partial charge in [0.15, 0.2) is 0 Å². The Morgan fingerprint density at radius 1 is 1.38 bits per heavy atom. The second-order valence-corrected chi connectivity index (χ2v) is 5.49. The number of hydrogen-bond donors (Lipinski definition) is 2. The van der Waals surface area contributed by atoms with Gasteiger partial charge >= 0.3 is 5.97 Å². The molecule has 1 atom stereocenters. The van der Waals surface area contributed by atoms with Crippen LogP contribution in [0.15, 0.2) is 24.3 Å². The van der Waals surface area contributed by atoms with Gasteiger partial charge in [0, 0.05) is 24.8 Å². The molecule has 0 heterocycles. The van der Waals surface area contributed by atoms with E-state index in [0.29, 0.717) is 12.2 Å². The van der Waals surface area contributed by atoms with E-state index in [1.165, 1.54) is 30.8 Å². The maximum Gasteiger partial charge on any atom is 0.327 e. The number of benzene rings is 1. The van der Waals surface area contributed by atoms with Gasteiger partial charge in [-0.2, -0.15) is 11.8 Å². The molecule has 1 aromatic rings. The van der Waals surface area contributed by atoms with Crippen molar-refractivity contribution >= 4 is 29.3 Å². The number of nitro groups is 1. The van der Waals surface area contributed by atoms with Crippen LogP contribution < -0.4 is 5.32 Å². The first-order valence-electron chi connectivity index (χ1n) is 6.21. The van der Waals surface area contributed by atoms with E-state index in [-0.39, 0.29) is 17.3 Å². The zero-order valence-corrected chi connectivity index (χ0v) is 12.3. The number of aliphatic carboxylic acids is 1. The van der Waals surface area contributed by atoms with E-state index in [0.717, 1.165) is 5.56 Å². The first kappa shape index (κ1) is 17.0. The lowest BCUT2D eigenvalue weighted by Crippen LogP contribution is -2.41. The van der Waals surface area contributed by atoms with Gasteiger partial charge < -0.3 is 10.4 Å². The third kappa shape index (κ3) is 6.26. The van der Waals surface area contributed by atoms with Crippen LogP contribution in [-0.2, 0) is 16.0 Å². The molecule has 0 saturated heterocycles. The highest BCUT2D eigenvalue weighted by Crippen LogP contribution is 2.14. The molecule has 114 valence electrons. The Morgan fingerprint density at radius 2 is 2.00 bits per heavy atom. The van der Waals surface area contributed by atoms with E-state index in [2.05, 4.69) is 5.32 Å². The monoisotopic (exact) mass is 312 g/mol. The molecule has 0 radical (unpaired) electrons. The lowest BCUT2D eigenvalue weighted by Gasteiger charge is -2.12. The Hall–Kier alpha value is -2.09. The fourth-order valence-corrected chi connectivity index (χ4v) is 2.60. The fraction of sp³-hybridized carbons (Fsp3) is 0.385. The molecular weight excluding hydrogens is 296 g/mol. The van der Waals surface area contributed by atoms with E-state index >= 15 is 0 Å². The van der Waals surface area contributed by atoms with Gasteiger partial charge in [-0.05, 0) is 17.7 Å². The Bertz CT molecular complexity index is 518. The van der Waals surface area contributed by atoms with Gasteiger partial charge in [-0.3, -0.25) is 14.9 Å². The molecular formula is C13H16N2O5S. The average molecular weight is 312 g/mol. The molecule has 1 aromatic carbocycles. The standard InChI is InChI=1S/C13H16N2O5S/c1-9(16)14-12(13(17)18)8-21-7-6-10-2-4-11(5-3-10)15(19)20/h2-5,12H,6-8H2,1H3,(H,14,16)(H,17,18)/t12-/m0/s1. The number of carboxylic acid groups (broad SMARTS) is 1. The highest BCUT2D eigenvalue weighted by atomic mass is 32.2. The Balaban J connectivity index is 2.37. The third-order valence-corrected chi connectivity index (χ3v) is 3.70. The van der Waals surface area contributed by atoms with Crippen molar-refractivity contribution in [3.8, 4) is 0 Å². The smallest absolute Gasteiger partial charge is 0.327 e. The molecule has 1 rings (SSSR count). The summed E-state index contributed by atoms with van der Waals surface area (Å²) in [5.74, 6) is -0.491. The molecule has 0 fully saturated rings. The summed E-state index contributed by atoms with van der Waals surface area (Å²) in [5, 5.41) is 21.8. The van der Waals surface area contributed by atoms with Gasteiger partial charge in [0.2, 0.25) is 5.91 Å². The van der Waals surface area contributed by atoms with Crippen LogP contribution in [0.5, 0.6) is 0 Å². The molecule has 0 saturated carbocycles. The van der Waals surface area contributed by atoms with Crippen molar-refractivity contribution in [2.75, 3.05) is 11.5 Å². The number of nitro benzene ring substituents is 1. The molecule has 0 aliphatic rings. The molecule has 0 aromatic heterocycles. The predicted octanol–water partition coefficient (Wildman–Crippen LogP) is 1.46. The second kappa shape index (κ2) is 8.25. The summed E-state index contributed by atoms with van der Waals surface area (Å²) >= 11 is 1.41. The zero-order chi connectivity index (χ0) is 15.8. The van der Waals surface area contributed by atoms with E-state index in [9.17, 15) is 19.7 Å². The topological polar surface area (TPSA) is 110 Å². The summed E-state index contributed by atoms with van der Waals surface area (Å²) in [6, 6.07) is 5.35. The van der Waals surface area contributed by atoms with Crippen molar-refractivity contribution in [1.82, 2.24) is 5.32 Å². The van der Waals surface area contributed by atoms with Gasteiger partial charge in [-0.15, -0.1) is 0 Å². The maximum absolute atomic E-state index is 10.9. The van der Waals surface area contributed by atoms with Crippen LogP contribution in [0.4, 0.5) is 5.69 Å². The van der Waals surface area contributed by atoms with E-state index < -0.39 is 16.9 Å². The number of carbonyl (C=O) groups excluding carboxylic acids is 1. The SMILES string of the molecule is CC(=O)N[C@@H](CSCCc1ccc([N+](=O)[O-])cc1)C(=O)O. The number of carbonyl (C=O) groups is 2. The van der Waals surface area contributed by atoms with Crippen LogP contribution in [-0.4, -0.2) is 39.5 Å². The quantitative estimate of drug-likeness (QED) is 0.427. The molecule has 1 amide bonds. The molecule has 7 nitrogen and oxygen atoms in total. The number of thioether (sulfide) groups is 1. The van der Waals surface area contributed by atoms with Crippen molar-refractivity contribution < 1.29 is 19.6 Å². The maximum atomic E-state index is 10.9. The van der Waals surface area contributed by atoms with Crippen molar-refractivity contribution in [3.63, 3.8) is 0 Å². The summed E-state index contributed by atoms with van der Waals surface area (Å²) in [4.78, 5) is 31.8. The van der Waals surface area contributed by atoms with Gasteiger partial charge in [0.05, 0.1) is 4.92 Å². The molecule has 0 spiro atoms. The van der Waals surface area contributed by atoms with Crippen LogP contribution in [0.2, 0.25) is 0 Å². The van der Waals surface area contributed by atoms with E-state index in [1.807, 2.05) is 0 Å². The number of aryl methyl sites for hydroxylation is 1. The highest BCUT2D eigenvalue weighted by Gasteiger charge is 2.17. The first-order valence-corrected chi connectivity index (χ1v) is 7.36. The number of hydrogen-bond acceptors (Lipinski definition) is 5. The highest BCUT2D eigenvalue weighted by molar-refractivity contribution is 7.99. The lowest BCUT2D eigenvalue weighted by molar-refractivity contribution is -0.384.